The van der Waals surface area contributed by atoms with E-state index in [1.165, 1.54) is 11.6 Å². The van der Waals surface area contributed by atoms with Gasteiger partial charge in [-0.2, -0.15) is 0 Å². The molecule has 0 atom stereocenters. The van der Waals surface area contributed by atoms with E-state index in [0.717, 1.165) is 23.3 Å². The van der Waals surface area contributed by atoms with Crippen LogP contribution in [0.3, 0.4) is 0 Å². The molecular formula is C20H18F2N2O2. The number of nitrogens with one attached hydrogen (secondary N) is 1. The molecular weight excluding hydrogens is 338 g/mol. The van der Waals surface area contributed by atoms with Crippen molar-refractivity contribution >= 4 is 11.6 Å². The topological polar surface area (TPSA) is 55.1 Å². The maximum absolute atomic E-state index is 13.1. The summed E-state index contributed by atoms with van der Waals surface area (Å²) in [4.78, 5) is 16.1. The number of carbonyl (C=O) groups excluding carboxylic acids is 1. The second-order valence-corrected chi connectivity index (χ2v) is 6.09. The number of rotatable bonds is 5. The summed E-state index contributed by atoms with van der Waals surface area (Å²) in [6.45, 7) is 4.06. The average molecular weight is 356 g/mol. The standard InChI is InChI=1S/C20H18F2N2O2/c1-12-3-4-14(9-13(12)2)18-11-23-20(26-18)8-7-19(25)24-15-5-6-16(21)17(22)10-15/h3-6,9-11H,7-8H2,1-2H3,(H,24,25). The van der Waals surface area contributed by atoms with Gasteiger partial charge in [0.2, 0.25) is 5.91 Å². The summed E-state index contributed by atoms with van der Waals surface area (Å²) in [7, 11) is 0. The summed E-state index contributed by atoms with van der Waals surface area (Å²) < 4.78 is 31.7. The van der Waals surface area contributed by atoms with Crippen LogP contribution in [0.5, 0.6) is 0 Å². The Balaban J connectivity index is 1.59. The van der Waals surface area contributed by atoms with E-state index in [4.69, 9.17) is 4.42 Å². The number of benzene rings is 2. The summed E-state index contributed by atoms with van der Waals surface area (Å²) in [5, 5.41) is 2.52. The normalized spacial score (nSPS) is 10.8. The number of nitrogens with zero attached hydrogens (tertiary/aromatic N) is 1. The van der Waals surface area contributed by atoms with Crippen LogP contribution < -0.4 is 5.32 Å². The van der Waals surface area contributed by atoms with Crippen molar-refractivity contribution in [1.29, 1.82) is 0 Å². The summed E-state index contributed by atoms with van der Waals surface area (Å²) in [6, 6.07) is 9.21. The monoisotopic (exact) mass is 356 g/mol. The number of amides is 1. The summed E-state index contributed by atoms with van der Waals surface area (Å²) in [5.74, 6) is -1.21. The van der Waals surface area contributed by atoms with E-state index in [0.29, 0.717) is 18.1 Å². The largest absolute Gasteiger partial charge is 0.441 e. The van der Waals surface area contributed by atoms with Gasteiger partial charge in [-0.3, -0.25) is 4.79 Å². The lowest BCUT2D eigenvalue weighted by Gasteiger charge is -2.04. The molecule has 0 unspecified atom stereocenters. The van der Waals surface area contributed by atoms with Crippen molar-refractivity contribution in [3.8, 4) is 11.3 Å². The Hall–Kier alpha value is -3.02. The molecule has 3 rings (SSSR count). The van der Waals surface area contributed by atoms with Gasteiger partial charge in [0, 0.05) is 30.2 Å². The van der Waals surface area contributed by atoms with Crippen LogP contribution in [0.25, 0.3) is 11.3 Å². The SMILES string of the molecule is Cc1ccc(-c2cnc(CCC(=O)Nc3ccc(F)c(F)c3)o2)cc1C. The summed E-state index contributed by atoms with van der Waals surface area (Å²) >= 11 is 0. The molecule has 1 amide bonds. The number of aromatic nitrogens is 1. The van der Waals surface area contributed by atoms with Gasteiger partial charge in [0.1, 0.15) is 0 Å². The molecule has 1 N–H and O–H groups in total. The van der Waals surface area contributed by atoms with E-state index in [1.54, 1.807) is 6.20 Å². The Labute approximate surface area is 149 Å². The molecule has 0 aliphatic heterocycles. The van der Waals surface area contributed by atoms with Gasteiger partial charge in [-0.05, 0) is 43.2 Å². The number of anilines is 1. The fourth-order valence-electron chi connectivity index (χ4n) is 2.47. The highest BCUT2D eigenvalue weighted by Crippen LogP contribution is 2.23. The highest BCUT2D eigenvalue weighted by molar-refractivity contribution is 5.90. The Morgan fingerprint density at radius 2 is 1.88 bits per heavy atom. The van der Waals surface area contributed by atoms with Crippen molar-refractivity contribution in [2.24, 2.45) is 0 Å². The Morgan fingerprint density at radius 1 is 1.08 bits per heavy atom. The van der Waals surface area contributed by atoms with Crippen LogP contribution >= 0.6 is 0 Å². The fraction of sp³-hybridized carbons (Fsp3) is 0.200. The van der Waals surface area contributed by atoms with E-state index in [2.05, 4.69) is 10.3 Å². The number of carbonyl (C=O) groups is 1. The van der Waals surface area contributed by atoms with Gasteiger partial charge in [0.15, 0.2) is 23.3 Å². The molecule has 0 aliphatic rings. The third kappa shape index (κ3) is 4.14. The number of halogens is 2. The fourth-order valence-corrected chi connectivity index (χ4v) is 2.47. The van der Waals surface area contributed by atoms with Gasteiger partial charge in [0.05, 0.1) is 6.20 Å². The van der Waals surface area contributed by atoms with Crippen LogP contribution in [0.15, 0.2) is 47.0 Å². The predicted octanol–water partition coefficient (Wildman–Crippen LogP) is 4.81. The van der Waals surface area contributed by atoms with Gasteiger partial charge >= 0.3 is 0 Å². The highest BCUT2D eigenvalue weighted by atomic mass is 19.2. The number of hydrogen-bond acceptors (Lipinski definition) is 3. The summed E-state index contributed by atoms with van der Waals surface area (Å²) in [5.41, 5.74) is 3.49. The molecule has 0 radical (unpaired) electrons. The van der Waals surface area contributed by atoms with Crippen LogP contribution in [-0.4, -0.2) is 10.9 Å². The molecule has 4 nitrogen and oxygen atoms in total. The van der Waals surface area contributed by atoms with Gasteiger partial charge in [0.25, 0.3) is 0 Å². The van der Waals surface area contributed by atoms with E-state index in [1.807, 2.05) is 32.0 Å². The van der Waals surface area contributed by atoms with E-state index >= 15 is 0 Å². The van der Waals surface area contributed by atoms with Crippen LogP contribution in [-0.2, 0) is 11.2 Å². The van der Waals surface area contributed by atoms with Gasteiger partial charge in [-0.1, -0.05) is 12.1 Å². The number of aryl methyl sites for hydroxylation is 3. The lowest BCUT2D eigenvalue weighted by Crippen LogP contribution is -2.12. The minimum Gasteiger partial charge on any atom is -0.441 e. The summed E-state index contributed by atoms with van der Waals surface area (Å²) in [6.07, 6.45) is 2.05. The molecule has 0 bridgehead atoms. The van der Waals surface area contributed by atoms with Crippen LogP contribution in [0.4, 0.5) is 14.5 Å². The molecule has 6 heteroatoms. The van der Waals surface area contributed by atoms with Crippen LogP contribution in [0.2, 0.25) is 0 Å². The quantitative estimate of drug-likeness (QED) is 0.714. The molecule has 26 heavy (non-hydrogen) atoms. The first kappa shape index (κ1) is 17.8. The van der Waals surface area contributed by atoms with Crippen molar-refractivity contribution in [3.63, 3.8) is 0 Å². The average Bonchev–Trinajstić information content (AvgIpc) is 3.08. The molecule has 1 heterocycles. The maximum atomic E-state index is 13.1. The Bertz CT molecular complexity index is 951. The smallest absolute Gasteiger partial charge is 0.224 e. The van der Waals surface area contributed by atoms with Crippen molar-refractivity contribution in [2.75, 3.05) is 5.32 Å². The highest BCUT2D eigenvalue weighted by Gasteiger charge is 2.11. The second-order valence-electron chi connectivity index (χ2n) is 6.09. The molecule has 0 saturated heterocycles. The van der Waals surface area contributed by atoms with Crippen LogP contribution in [0.1, 0.15) is 23.4 Å². The van der Waals surface area contributed by atoms with Crippen molar-refractivity contribution in [2.45, 2.75) is 26.7 Å². The lowest BCUT2D eigenvalue weighted by atomic mass is 10.1. The third-order valence-corrected chi connectivity index (χ3v) is 4.11. The zero-order valence-corrected chi connectivity index (χ0v) is 14.5. The van der Waals surface area contributed by atoms with E-state index in [-0.39, 0.29) is 18.0 Å². The molecule has 0 fully saturated rings. The van der Waals surface area contributed by atoms with Gasteiger partial charge in [-0.25, -0.2) is 13.8 Å². The Kier molecular flexibility index (Phi) is 5.11. The molecule has 1 aromatic heterocycles. The molecule has 0 aliphatic carbocycles. The van der Waals surface area contributed by atoms with Gasteiger partial charge < -0.3 is 9.73 Å². The van der Waals surface area contributed by atoms with Crippen molar-refractivity contribution in [1.82, 2.24) is 4.98 Å². The minimum atomic E-state index is -1.01. The molecule has 0 spiro atoms. The van der Waals surface area contributed by atoms with E-state index < -0.39 is 11.6 Å². The zero-order valence-electron chi connectivity index (χ0n) is 14.5. The first-order valence-electron chi connectivity index (χ1n) is 8.19. The zero-order chi connectivity index (χ0) is 18.7. The van der Waals surface area contributed by atoms with Crippen molar-refractivity contribution in [3.05, 3.63) is 71.2 Å². The number of hydrogen-bond donors (Lipinski definition) is 1. The van der Waals surface area contributed by atoms with Crippen molar-refractivity contribution < 1.29 is 18.0 Å². The third-order valence-electron chi connectivity index (χ3n) is 4.11. The maximum Gasteiger partial charge on any atom is 0.224 e. The predicted molar refractivity (Wildman–Crippen MR) is 94.7 cm³/mol. The molecule has 2 aromatic carbocycles. The first-order chi connectivity index (χ1) is 12.4. The second kappa shape index (κ2) is 7.47. The first-order valence-corrected chi connectivity index (χ1v) is 8.19. The molecule has 134 valence electrons. The van der Waals surface area contributed by atoms with Gasteiger partial charge in [-0.15, -0.1) is 0 Å². The molecule has 3 aromatic rings. The Morgan fingerprint density at radius 3 is 2.62 bits per heavy atom. The lowest BCUT2D eigenvalue weighted by molar-refractivity contribution is -0.116. The van der Waals surface area contributed by atoms with Crippen LogP contribution in [0, 0.1) is 25.5 Å². The van der Waals surface area contributed by atoms with E-state index in [9.17, 15) is 13.6 Å². The molecule has 0 saturated carbocycles. The number of oxazole rings is 1. The minimum absolute atomic E-state index is 0.117.